The minimum atomic E-state index is -0.894. The lowest BCUT2D eigenvalue weighted by Crippen LogP contribution is -2.45. The molecule has 0 spiro atoms. The first-order valence-corrected chi connectivity index (χ1v) is 5.66. The number of nitriles is 1. The summed E-state index contributed by atoms with van der Waals surface area (Å²) in [5, 5.41) is 10.4. The van der Waals surface area contributed by atoms with Gasteiger partial charge in [-0.2, -0.15) is 5.26 Å². The summed E-state index contributed by atoms with van der Waals surface area (Å²) in [5.41, 5.74) is 0. The van der Waals surface area contributed by atoms with Gasteiger partial charge in [0, 0.05) is 6.54 Å². The molecule has 0 bridgehead atoms. The molecule has 0 aliphatic heterocycles. The van der Waals surface area contributed by atoms with Crippen molar-refractivity contribution in [2.75, 3.05) is 26.2 Å². The van der Waals surface area contributed by atoms with E-state index in [-0.39, 0.29) is 26.2 Å². The number of hydrogen-bond acceptors (Lipinski definition) is 5. The van der Waals surface area contributed by atoms with Crippen molar-refractivity contribution < 1.29 is 19.1 Å². The summed E-state index contributed by atoms with van der Waals surface area (Å²) in [6, 6.07) is 1.69. The molecule has 18 heavy (non-hydrogen) atoms. The summed E-state index contributed by atoms with van der Waals surface area (Å²) in [7, 11) is 0. The Bertz CT molecular complexity index is 349. The van der Waals surface area contributed by atoms with E-state index in [9.17, 15) is 14.4 Å². The lowest BCUT2D eigenvalue weighted by Gasteiger charge is -2.19. The topological polar surface area (TPSA) is 99.5 Å². The molecule has 0 aliphatic rings. The van der Waals surface area contributed by atoms with Crippen LogP contribution in [0.5, 0.6) is 0 Å². The molecule has 0 atom stereocenters. The Hall–Kier alpha value is -2.10. The van der Waals surface area contributed by atoms with Crippen LogP contribution in [0.4, 0.5) is 0 Å². The maximum absolute atomic E-state index is 11.7. The van der Waals surface area contributed by atoms with E-state index in [0.717, 1.165) is 4.90 Å². The van der Waals surface area contributed by atoms with Gasteiger partial charge in [-0.1, -0.05) is 6.92 Å². The van der Waals surface area contributed by atoms with Gasteiger partial charge in [-0.25, -0.2) is 0 Å². The highest BCUT2D eigenvalue weighted by atomic mass is 16.5. The van der Waals surface area contributed by atoms with E-state index in [0.29, 0.717) is 6.42 Å². The molecule has 0 fully saturated rings. The van der Waals surface area contributed by atoms with Gasteiger partial charge in [0.25, 0.3) is 0 Å². The monoisotopic (exact) mass is 255 g/mol. The molecule has 7 nitrogen and oxygen atoms in total. The van der Waals surface area contributed by atoms with Gasteiger partial charge in [0.1, 0.15) is 13.1 Å². The SMILES string of the molecule is CCCN(CC(=O)OCC)C(=O)C(=O)NCC#N. The smallest absolute Gasteiger partial charge is 0.325 e. The zero-order chi connectivity index (χ0) is 14.0. The first-order valence-electron chi connectivity index (χ1n) is 5.66. The molecule has 0 saturated carbocycles. The predicted molar refractivity (Wildman–Crippen MR) is 62.1 cm³/mol. The lowest BCUT2D eigenvalue weighted by molar-refractivity contribution is -0.152. The zero-order valence-electron chi connectivity index (χ0n) is 10.6. The Morgan fingerprint density at radius 1 is 1.33 bits per heavy atom. The van der Waals surface area contributed by atoms with Gasteiger partial charge in [-0.05, 0) is 13.3 Å². The summed E-state index contributed by atoms with van der Waals surface area (Å²) < 4.78 is 4.71. The molecule has 0 radical (unpaired) electrons. The lowest BCUT2D eigenvalue weighted by atomic mass is 10.3. The molecule has 0 rings (SSSR count). The molecule has 0 aromatic rings. The normalized spacial score (nSPS) is 9.17. The number of carbonyl (C=O) groups excluding carboxylic acids is 3. The van der Waals surface area contributed by atoms with Gasteiger partial charge in [0.2, 0.25) is 0 Å². The van der Waals surface area contributed by atoms with Crippen LogP contribution in [0.25, 0.3) is 0 Å². The molecule has 1 N–H and O–H groups in total. The summed E-state index contributed by atoms with van der Waals surface area (Å²) in [5.74, 6) is -2.29. The number of nitrogens with one attached hydrogen (secondary N) is 1. The molecule has 0 aromatic carbocycles. The maximum atomic E-state index is 11.7. The Labute approximate surface area is 106 Å². The second kappa shape index (κ2) is 8.98. The van der Waals surface area contributed by atoms with Crippen LogP contribution in [0, 0.1) is 11.3 Å². The number of ether oxygens (including phenoxy) is 1. The average molecular weight is 255 g/mol. The van der Waals surface area contributed by atoms with Crippen molar-refractivity contribution in [3.63, 3.8) is 0 Å². The standard InChI is InChI=1S/C11H17N3O4/c1-3-7-14(8-9(15)18-4-2)11(17)10(16)13-6-5-12/h3-4,6-8H2,1-2H3,(H,13,16). The maximum Gasteiger partial charge on any atom is 0.325 e. The van der Waals surface area contributed by atoms with Gasteiger partial charge in [0.05, 0.1) is 12.7 Å². The highest BCUT2D eigenvalue weighted by Gasteiger charge is 2.23. The zero-order valence-corrected chi connectivity index (χ0v) is 10.6. The minimum absolute atomic E-state index is 0.216. The van der Waals surface area contributed by atoms with Crippen LogP contribution in [0.3, 0.4) is 0 Å². The highest BCUT2D eigenvalue weighted by molar-refractivity contribution is 6.35. The summed E-state index contributed by atoms with van der Waals surface area (Å²) in [6.45, 7) is 3.46. The van der Waals surface area contributed by atoms with E-state index >= 15 is 0 Å². The molecule has 0 saturated heterocycles. The van der Waals surface area contributed by atoms with Gasteiger partial charge >= 0.3 is 17.8 Å². The number of esters is 1. The molecule has 7 heteroatoms. The third kappa shape index (κ3) is 5.84. The molecule has 2 amide bonds. The third-order valence-corrected chi connectivity index (χ3v) is 1.93. The predicted octanol–water partition coefficient (Wildman–Crippen LogP) is -0.572. The molecule has 100 valence electrons. The third-order valence-electron chi connectivity index (χ3n) is 1.93. The number of hydrogen-bond donors (Lipinski definition) is 1. The van der Waals surface area contributed by atoms with Crippen LogP contribution in [0.15, 0.2) is 0 Å². The van der Waals surface area contributed by atoms with Crippen LogP contribution in [-0.2, 0) is 19.1 Å². The molecular formula is C11H17N3O4. The van der Waals surface area contributed by atoms with E-state index in [1.165, 1.54) is 0 Å². The first kappa shape index (κ1) is 15.9. The van der Waals surface area contributed by atoms with E-state index in [2.05, 4.69) is 5.32 Å². The molecular weight excluding hydrogens is 238 g/mol. The van der Waals surface area contributed by atoms with Crippen molar-refractivity contribution in [3.8, 4) is 6.07 Å². The molecule has 0 heterocycles. The van der Waals surface area contributed by atoms with Crippen molar-refractivity contribution in [2.45, 2.75) is 20.3 Å². The van der Waals surface area contributed by atoms with Crippen LogP contribution in [0.1, 0.15) is 20.3 Å². The second-order valence-electron chi connectivity index (χ2n) is 3.37. The van der Waals surface area contributed by atoms with Crippen LogP contribution < -0.4 is 5.32 Å². The van der Waals surface area contributed by atoms with Gasteiger partial charge in [-0.3, -0.25) is 14.4 Å². The molecule has 0 aliphatic carbocycles. The van der Waals surface area contributed by atoms with Crippen molar-refractivity contribution in [2.24, 2.45) is 0 Å². The van der Waals surface area contributed by atoms with Gasteiger partial charge < -0.3 is 15.0 Å². The average Bonchev–Trinajstić information content (AvgIpc) is 2.34. The fourth-order valence-corrected chi connectivity index (χ4v) is 1.22. The van der Waals surface area contributed by atoms with E-state index < -0.39 is 17.8 Å². The second-order valence-corrected chi connectivity index (χ2v) is 3.37. The number of rotatable bonds is 6. The van der Waals surface area contributed by atoms with Crippen molar-refractivity contribution in [3.05, 3.63) is 0 Å². The highest BCUT2D eigenvalue weighted by Crippen LogP contribution is 1.95. The Morgan fingerprint density at radius 3 is 2.50 bits per heavy atom. The van der Waals surface area contributed by atoms with Crippen molar-refractivity contribution in [1.29, 1.82) is 5.26 Å². The van der Waals surface area contributed by atoms with Gasteiger partial charge in [0.15, 0.2) is 0 Å². The van der Waals surface area contributed by atoms with E-state index in [4.69, 9.17) is 10.00 Å². The fraction of sp³-hybridized carbons (Fsp3) is 0.636. The summed E-state index contributed by atoms with van der Waals surface area (Å²) in [4.78, 5) is 35.4. The fourth-order valence-electron chi connectivity index (χ4n) is 1.22. The summed E-state index contributed by atoms with van der Waals surface area (Å²) in [6.07, 6.45) is 0.608. The Kier molecular flexibility index (Phi) is 7.94. The van der Waals surface area contributed by atoms with Crippen molar-refractivity contribution >= 4 is 17.8 Å². The van der Waals surface area contributed by atoms with Crippen LogP contribution >= 0.6 is 0 Å². The van der Waals surface area contributed by atoms with Crippen LogP contribution in [-0.4, -0.2) is 48.9 Å². The van der Waals surface area contributed by atoms with Crippen molar-refractivity contribution in [1.82, 2.24) is 10.2 Å². The molecule has 0 unspecified atom stereocenters. The largest absolute Gasteiger partial charge is 0.465 e. The Morgan fingerprint density at radius 2 is 2.00 bits per heavy atom. The number of amides is 2. The Balaban J connectivity index is 4.48. The van der Waals surface area contributed by atoms with E-state index in [1.807, 2.05) is 6.92 Å². The van der Waals surface area contributed by atoms with Gasteiger partial charge in [-0.15, -0.1) is 0 Å². The summed E-state index contributed by atoms with van der Waals surface area (Å²) >= 11 is 0. The number of nitrogens with zero attached hydrogens (tertiary/aromatic N) is 2. The molecule has 0 aromatic heterocycles. The van der Waals surface area contributed by atoms with Crippen LogP contribution in [0.2, 0.25) is 0 Å². The quantitative estimate of drug-likeness (QED) is 0.389. The number of carbonyl (C=O) groups is 3. The first-order chi connectivity index (χ1) is 8.56. The minimum Gasteiger partial charge on any atom is -0.465 e. The van der Waals surface area contributed by atoms with E-state index in [1.54, 1.807) is 13.0 Å².